The van der Waals surface area contributed by atoms with E-state index in [0.717, 1.165) is 23.2 Å². The highest BCUT2D eigenvalue weighted by Crippen LogP contribution is 2.36. The van der Waals surface area contributed by atoms with Crippen LogP contribution in [0.3, 0.4) is 0 Å². The highest BCUT2D eigenvalue weighted by atomic mass is 16.6. The Kier molecular flexibility index (Phi) is 9.01. The molecule has 0 fully saturated rings. The maximum Gasteiger partial charge on any atom is 0.187 e. The van der Waals surface area contributed by atoms with Crippen LogP contribution >= 0.6 is 0 Å². The van der Waals surface area contributed by atoms with E-state index in [4.69, 9.17) is 33.5 Å². The van der Waals surface area contributed by atoms with E-state index in [0.29, 0.717) is 48.6 Å². The Bertz CT molecular complexity index is 1380. The minimum absolute atomic E-state index is 0.0610. The second-order valence-corrected chi connectivity index (χ2v) is 9.10. The lowest BCUT2D eigenvalue weighted by atomic mass is 10.2. The van der Waals surface area contributed by atoms with Gasteiger partial charge in [-0.1, -0.05) is 60.7 Å². The van der Waals surface area contributed by atoms with Crippen molar-refractivity contribution in [2.45, 2.75) is 25.4 Å². The third-order valence-corrected chi connectivity index (χ3v) is 6.08. The average Bonchev–Trinajstić information content (AvgIpc) is 3.03. The van der Waals surface area contributed by atoms with Crippen LogP contribution in [0.25, 0.3) is 0 Å². The number of ether oxygens (including phenoxy) is 6. The molecule has 0 radical (unpaired) electrons. The van der Waals surface area contributed by atoms with Crippen molar-refractivity contribution in [1.82, 2.24) is 0 Å². The van der Waals surface area contributed by atoms with Gasteiger partial charge in [0.1, 0.15) is 37.9 Å². The largest absolute Gasteiger partial charge is 0.489 e. The number of rotatable bonds is 8. The molecular formula is C32H30O8. The van der Waals surface area contributed by atoms with Crippen LogP contribution in [-0.4, -0.2) is 43.4 Å². The van der Waals surface area contributed by atoms with Gasteiger partial charge in [0, 0.05) is 12.1 Å². The first-order valence-electron chi connectivity index (χ1n) is 13.0. The van der Waals surface area contributed by atoms with E-state index in [2.05, 4.69) is 0 Å². The van der Waals surface area contributed by atoms with E-state index in [-0.39, 0.29) is 19.3 Å². The van der Waals surface area contributed by atoms with Crippen molar-refractivity contribution in [3.8, 4) is 34.5 Å². The van der Waals surface area contributed by atoms with Crippen molar-refractivity contribution in [3.05, 3.63) is 108 Å². The van der Waals surface area contributed by atoms with E-state index in [9.17, 15) is 4.79 Å². The van der Waals surface area contributed by atoms with Gasteiger partial charge in [-0.05, 0) is 35.4 Å². The van der Waals surface area contributed by atoms with Crippen molar-refractivity contribution in [1.29, 1.82) is 0 Å². The Morgan fingerprint density at radius 1 is 0.675 bits per heavy atom. The molecule has 0 aliphatic carbocycles. The lowest BCUT2D eigenvalue weighted by Crippen LogP contribution is -2.32. The number of benzene rings is 4. The Morgan fingerprint density at radius 3 is 1.73 bits per heavy atom. The van der Waals surface area contributed by atoms with E-state index in [1.54, 1.807) is 18.2 Å². The third-order valence-electron chi connectivity index (χ3n) is 6.08. The molecule has 8 heteroatoms. The quantitative estimate of drug-likeness (QED) is 0.311. The lowest BCUT2D eigenvalue weighted by molar-refractivity contribution is -0.115. The number of hydrogen-bond donors (Lipinski definition) is 1. The van der Waals surface area contributed by atoms with Crippen LogP contribution in [0.4, 0.5) is 0 Å². The molecule has 40 heavy (non-hydrogen) atoms. The molecular weight excluding hydrogens is 512 g/mol. The summed E-state index contributed by atoms with van der Waals surface area (Å²) in [6, 6.07) is 30.7. The molecule has 0 amide bonds. The molecule has 0 bridgehead atoms. The summed E-state index contributed by atoms with van der Waals surface area (Å²) in [6.07, 6.45) is -0.126. The van der Waals surface area contributed by atoms with Gasteiger partial charge in [0.2, 0.25) is 0 Å². The number of hydrogen-bond acceptors (Lipinski definition) is 8. The predicted molar refractivity (Wildman–Crippen MR) is 147 cm³/mol. The predicted octanol–water partition coefficient (Wildman–Crippen LogP) is 5.00. The molecule has 2 atom stereocenters. The van der Waals surface area contributed by atoms with Crippen LogP contribution < -0.4 is 28.4 Å². The van der Waals surface area contributed by atoms with Crippen LogP contribution in [0.1, 0.15) is 11.1 Å². The van der Waals surface area contributed by atoms with Gasteiger partial charge in [-0.2, -0.15) is 0 Å². The maximum atomic E-state index is 10.7. The highest BCUT2D eigenvalue weighted by molar-refractivity contribution is 5.59. The zero-order chi connectivity index (χ0) is 27.6. The molecule has 4 aromatic rings. The van der Waals surface area contributed by atoms with Crippen LogP contribution in [0.2, 0.25) is 0 Å². The molecule has 0 spiro atoms. The second-order valence-electron chi connectivity index (χ2n) is 9.10. The van der Waals surface area contributed by atoms with Crippen molar-refractivity contribution in [2.24, 2.45) is 0 Å². The molecule has 6 rings (SSSR count). The summed E-state index contributed by atoms with van der Waals surface area (Å²) in [7, 11) is 0. The molecule has 8 nitrogen and oxygen atoms in total. The van der Waals surface area contributed by atoms with E-state index < -0.39 is 6.10 Å². The van der Waals surface area contributed by atoms with Gasteiger partial charge in [0.05, 0.1) is 6.61 Å². The van der Waals surface area contributed by atoms with Crippen molar-refractivity contribution in [3.63, 3.8) is 0 Å². The zero-order valence-electron chi connectivity index (χ0n) is 21.8. The second kappa shape index (κ2) is 13.4. The molecule has 2 aliphatic rings. The molecule has 4 aromatic carbocycles. The molecule has 2 aliphatic heterocycles. The smallest absolute Gasteiger partial charge is 0.187 e. The monoisotopic (exact) mass is 542 g/mol. The maximum absolute atomic E-state index is 10.7. The van der Waals surface area contributed by atoms with Gasteiger partial charge >= 0.3 is 0 Å². The standard InChI is InChI=1S/C16H16O4.C16H14O4/c2*17-9-14-11-19-15-7-6-13(8-16(15)20-14)18-10-12-4-2-1-3-5-12/h1-8,14,17H,9-11H2;1-9,14H,10-11H2/t2*14-/m11/s1. The van der Waals surface area contributed by atoms with Gasteiger partial charge in [0.15, 0.2) is 41.5 Å². The van der Waals surface area contributed by atoms with E-state index in [1.165, 1.54) is 0 Å². The minimum atomic E-state index is -0.549. The van der Waals surface area contributed by atoms with E-state index >= 15 is 0 Å². The number of carbonyl (C=O) groups is 1. The zero-order valence-corrected chi connectivity index (χ0v) is 21.8. The highest BCUT2D eigenvalue weighted by Gasteiger charge is 2.21. The topological polar surface area (TPSA) is 92.7 Å². The Hall–Kier alpha value is -4.69. The average molecular weight is 543 g/mol. The Balaban J connectivity index is 0.000000161. The van der Waals surface area contributed by atoms with Crippen molar-refractivity contribution in [2.75, 3.05) is 19.8 Å². The first kappa shape index (κ1) is 26.9. The molecule has 2 heterocycles. The summed E-state index contributed by atoms with van der Waals surface area (Å²) in [5.41, 5.74) is 2.20. The molecule has 0 saturated carbocycles. The summed E-state index contributed by atoms with van der Waals surface area (Å²) >= 11 is 0. The van der Waals surface area contributed by atoms with Crippen LogP contribution in [-0.2, 0) is 18.0 Å². The summed E-state index contributed by atoms with van der Waals surface area (Å²) in [6.45, 7) is 1.55. The summed E-state index contributed by atoms with van der Waals surface area (Å²) < 4.78 is 33.5. The van der Waals surface area contributed by atoms with E-state index in [1.807, 2.05) is 78.9 Å². The van der Waals surface area contributed by atoms with Gasteiger partial charge in [-0.3, -0.25) is 4.79 Å². The van der Waals surface area contributed by atoms with Crippen molar-refractivity contribution < 1.29 is 38.3 Å². The number of fused-ring (bicyclic) bond motifs is 2. The van der Waals surface area contributed by atoms with Crippen LogP contribution in [0, 0.1) is 0 Å². The minimum Gasteiger partial charge on any atom is -0.489 e. The molecule has 1 N–H and O–H groups in total. The van der Waals surface area contributed by atoms with Gasteiger partial charge < -0.3 is 33.5 Å². The lowest BCUT2D eigenvalue weighted by Gasteiger charge is -2.25. The first-order chi connectivity index (χ1) is 19.7. The Labute approximate surface area is 232 Å². The number of carbonyl (C=O) groups excluding carboxylic acids is 1. The summed E-state index contributed by atoms with van der Waals surface area (Å²) in [5, 5.41) is 9.10. The number of aliphatic hydroxyl groups excluding tert-OH is 1. The SMILES string of the molecule is O=C[C@@H]1COc2ccc(OCc3ccccc3)cc2O1.OC[C@@H]1COc2ccc(OCc3ccccc3)cc2O1. The first-order valence-corrected chi connectivity index (χ1v) is 13.0. The van der Waals surface area contributed by atoms with Crippen LogP contribution in [0.15, 0.2) is 97.1 Å². The summed E-state index contributed by atoms with van der Waals surface area (Å²) in [5.74, 6) is 3.87. The van der Waals surface area contributed by atoms with Gasteiger partial charge in [-0.15, -0.1) is 0 Å². The number of aldehydes is 1. The van der Waals surface area contributed by atoms with Gasteiger partial charge in [0.25, 0.3) is 0 Å². The van der Waals surface area contributed by atoms with Gasteiger partial charge in [-0.25, -0.2) is 0 Å². The summed E-state index contributed by atoms with van der Waals surface area (Å²) in [4.78, 5) is 10.7. The normalized spacial score (nSPS) is 16.6. The fourth-order valence-electron chi connectivity index (χ4n) is 3.98. The van der Waals surface area contributed by atoms with Crippen LogP contribution in [0.5, 0.6) is 34.5 Å². The van der Waals surface area contributed by atoms with Crippen molar-refractivity contribution >= 4 is 6.29 Å². The molecule has 206 valence electrons. The number of aliphatic hydroxyl groups is 1. The fourth-order valence-corrected chi connectivity index (χ4v) is 3.98. The molecule has 0 unspecified atom stereocenters. The third kappa shape index (κ3) is 7.24. The fraction of sp³-hybridized carbons (Fsp3) is 0.219. The Morgan fingerprint density at radius 2 is 1.20 bits per heavy atom. The molecule has 0 saturated heterocycles. The molecule has 0 aromatic heterocycles.